The van der Waals surface area contributed by atoms with Gasteiger partial charge in [0.2, 0.25) is 0 Å². The monoisotopic (exact) mass is 183 g/mol. The number of hydrogen-bond donors (Lipinski definition) is 1. The van der Waals surface area contributed by atoms with Crippen molar-refractivity contribution in [2.24, 2.45) is 0 Å². The van der Waals surface area contributed by atoms with Crippen molar-refractivity contribution in [3.05, 3.63) is 12.7 Å². The highest BCUT2D eigenvalue weighted by Gasteiger charge is 2.31. The summed E-state index contributed by atoms with van der Waals surface area (Å²) in [5, 5.41) is 3.53. The molecule has 0 aromatic carbocycles. The summed E-state index contributed by atoms with van der Waals surface area (Å²) < 4.78 is 11.1. The highest BCUT2D eigenvalue weighted by atomic mass is 16.5. The lowest BCUT2D eigenvalue weighted by Crippen LogP contribution is -2.55. The van der Waals surface area contributed by atoms with E-state index in [4.69, 9.17) is 9.47 Å². The molecule has 2 atom stereocenters. The Bertz CT molecular complexity index is 172. The lowest BCUT2D eigenvalue weighted by atomic mass is 9.95. The first-order chi connectivity index (χ1) is 6.38. The fourth-order valence-corrected chi connectivity index (χ4v) is 2.13. The third-order valence-electron chi connectivity index (χ3n) is 2.65. The van der Waals surface area contributed by atoms with Gasteiger partial charge in [0.25, 0.3) is 0 Å². The van der Waals surface area contributed by atoms with Gasteiger partial charge in [0.1, 0.15) is 0 Å². The molecule has 2 rings (SSSR count). The number of ether oxygens (including phenoxy) is 2. The SMILES string of the molecule is C=CCOC1CC2COCC(C1)N2. The van der Waals surface area contributed by atoms with E-state index in [1.54, 1.807) is 0 Å². The van der Waals surface area contributed by atoms with Gasteiger partial charge in [0.05, 0.1) is 25.9 Å². The van der Waals surface area contributed by atoms with Gasteiger partial charge in [0.15, 0.2) is 0 Å². The Morgan fingerprint density at radius 2 is 2.08 bits per heavy atom. The minimum Gasteiger partial charge on any atom is -0.378 e. The maximum absolute atomic E-state index is 5.65. The van der Waals surface area contributed by atoms with Crippen molar-refractivity contribution in [1.29, 1.82) is 0 Å². The molecule has 1 N–H and O–H groups in total. The topological polar surface area (TPSA) is 30.5 Å². The lowest BCUT2D eigenvalue weighted by Gasteiger charge is -2.39. The van der Waals surface area contributed by atoms with Gasteiger partial charge in [-0.15, -0.1) is 6.58 Å². The number of rotatable bonds is 3. The van der Waals surface area contributed by atoms with E-state index in [1.165, 1.54) is 0 Å². The van der Waals surface area contributed by atoms with E-state index in [0.29, 0.717) is 24.8 Å². The predicted molar refractivity (Wildman–Crippen MR) is 50.7 cm³/mol. The average Bonchev–Trinajstić information content (AvgIpc) is 2.14. The van der Waals surface area contributed by atoms with Crippen LogP contribution in [0.5, 0.6) is 0 Å². The van der Waals surface area contributed by atoms with E-state index in [2.05, 4.69) is 11.9 Å². The molecule has 0 radical (unpaired) electrons. The number of piperidine rings is 1. The summed E-state index contributed by atoms with van der Waals surface area (Å²) in [6, 6.07) is 1.00. The third-order valence-corrected chi connectivity index (χ3v) is 2.65. The van der Waals surface area contributed by atoms with E-state index in [-0.39, 0.29) is 0 Å². The molecule has 2 saturated heterocycles. The van der Waals surface area contributed by atoms with Gasteiger partial charge in [-0.3, -0.25) is 0 Å². The fraction of sp³-hybridized carbons (Fsp3) is 0.800. The predicted octanol–water partition coefficient (Wildman–Crippen LogP) is 0.708. The van der Waals surface area contributed by atoms with Crippen LogP contribution in [0, 0.1) is 0 Å². The summed E-state index contributed by atoms with van der Waals surface area (Å²) in [6.07, 6.45) is 4.36. The molecule has 3 heteroatoms. The Balaban J connectivity index is 1.83. The molecule has 0 amide bonds. The number of nitrogens with one attached hydrogen (secondary N) is 1. The van der Waals surface area contributed by atoms with Crippen LogP contribution in [-0.4, -0.2) is 38.0 Å². The number of hydrogen-bond acceptors (Lipinski definition) is 3. The Hall–Kier alpha value is -0.380. The van der Waals surface area contributed by atoms with Crippen molar-refractivity contribution >= 4 is 0 Å². The Labute approximate surface area is 79.1 Å². The zero-order valence-electron chi connectivity index (χ0n) is 7.87. The quantitative estimate of drug-likeness (QED) is 0.654. The summed E-state index contributed by atoms with van der Waals surface area (Å²) in [6.45, 7) is 6.00. The van der Waals surface area contributed by atoms with Crippen molar-refractivity contribution in [2.75, 3.05) is 19.8 Å². The van der Waals surface area contributed by atoms with E-state index < -0.39 is 0 Å². The molecule has 0 saturated carbocycles. The molecule has 74 valence electrons. The highest BCUT2D eigenvalue weighted by molar-refractivity contribution is 4.89. The molecule has 2 unspecified atom stereocenters. The van der Waals surface area contributed by atoms with E-state index in [0.717, 1.165) is 26.1 Å². The van der Waals surface area contributed by atoms with Crippen molar-refractivity contribution in [3.8, 4) is 0 Å². The number of morpholine rings is 1. The fourth-order valence-electron chi connectivity index (χ4n) is 2.13. The summed E-state index contributed by atoms with van der Waals surface area (Å²) in [5.74, 6) is 0. The van der Waals surface area contributed by atoms with Crippen LogP contribution in [0.25, 0.3) is 0 Å². The van der Waals surface area contributed by atoms with Gasteiger partial charge < -0.3 is 14.8 Å². The second-order valence-corrected chi connectivity index (χ2v) is 3.81. The largest absolute Gasteiger partial charge is 0.378 e. The van der Waals surface area contributed by atoms with Crippen LogP contribution < -0.4 is 5.32 Å². The molecule has 0 aliphatic carbocycles. The number of fused-ring (bicyclic) bond motifs is 2. The van der Waals surface area contributed by atoms with Gasteiger partial charge >= 0.3 is 0 Å². The zero-order valence-corrected chi connectivity index (χ0v) is 7.87. The van der Waals surface area contributed by atoms with Gasteiger partial charge in [-0.1, -0.05) is 6.08 Å². The molecular formula is C10H17NO2. The zero-order chi connectivity index (χ0) is 9.10. The molecule has 13 heavy (non-hydrogen) atoms. The first-order valence-corrected chi connectivity index (χ1v) is 4.95. The highest BCUT2D eigenvalue weighted by Crippen LogP contribution is 2.20. The minimum atomic E-state index is 0.401. The molecular weight excluding hydrogens is 166 g/mol. The second-order valence-electron chi connectivity index (χ2n) is 3.81. The van der Waals surface area contributed by atoms with Crippen LogP contribution in [0.3, 0.4) is 0 Å². The van der Waals surface area contributed by atoms with Crippen molar-refractivity contribution < 1.29 is 9.47 Å². The van der Waals surface area contributed by atoms with Crippen molar-refractivity contribution in [1.82, 2.24) is 5.32 Å². The maximum atomic E-state index is 5.65. The standard InChI is InChI=1S/C10H17NO2/c1-2-3-13-10-4-8-6-12-7-9(5-10)11-8/h2,8-11H,1,3-7H2. The minimum absolute atomic E-state index is 0.401. The molecule has 0 spiro atoms. The van der Waals surface area contributed by atoms with Gasteiger partial charge in [-0.25, -0.2) is 0 Å². The summed E-state index contributed by atoms with van der Waals surface area (Å²) in [4.78, 5) is 0. The normalized spacial score (nSPS) is 38.6. The smallest absolute Gasteiger partial charge is 0.0648 e. The molecule has 2 aliphatic rings. The maximum Gasteiger partial charge on any atom is 0.0648 e. The van der Waals surface area contributed by atoms with Crippen LogP contribution in [0.1, 0.15) is 12.8 Å². The van der Waals surface area contributed by atoms with E-state index >= 15 is 0 Å². The van der Waals surface area contributed by atoms with Crippen molar-refractivity contribution in [3.63, 3.8) is 0 Å². The average molecular weight is 183 g/mol. The molecule has 3 nitrogen and oxygen atoms in total. The summed E-state index contributed by atoms with van der Waals surface area (Å²) >= 11 is 0. The lowest BCUT2D eigenvalue weighted by molar-refractivity contribution is -0.0419. The van der Waals surface area contributed by atoms with Crippen molar-refractivity contribution in [2.45, 2.75) is 31.0 Å². The molecule has 2 aliphatic heterocycles. The first-order valence-electron chi connectivity index (χ1n) is 4.95. The van der Waals surface area contributed by atoms with Crippen LogP contribution in [0.2, 0.25) is 0 Å². The summed E-state index contributed by atoms with van der Waals surface area (Å²) in [5.41, 5.74) is 0. The van der Waals surface area contributed by atoms with Crippen LogP contribution in [0.4, 0.5) is 0 Å². The van der Waals surface area contributed by atoms with E-state index in [1.807, 2.05) is 6.08 Å². The van der Waals surface area contributed by atoms with Gasteiger partial charge in [-0.2, -0.15) is 0 Å². The van der Waals surface area contributed by atoms with Crippen LogP contribution in [-0.2, 0) is 9.47 Å². The third kappa shape index (κ3) is 2.30. The second kappa shape index (κ2) is 4.22. The Morgan fingerprint density at radius 1 is 1.38 bits per heavy atom. The van der Waals surface area contributed by atoms with Gasteiger partial charge in [-0.05, 0) is 12.8 Å². The first kappa shape index (κ1) is 9.19. The molecule has 0 aromatic rings. The van der Waals surface area contributed by atoms with E-state index in [9.17, 15) is 0 Å². The van der Waals surface area contributed by atoms with Crippen LogP contribution in [0.15, 0.2) is 12.7 Å². The molecule has 2 fully saturated rings. The van der Waals surface area contributed by atoms with Gasteiger partial charge in [0, 0.05) is 12.1 Å². The Morgan fingerprint density at radius 3 is 2.69 bits per heavy atom. The molecule has 0 aromatic heterocycles. The molecule has 2 heterocycles. The molecule has 2 bridgehead atoms. The van der Waals surface area contributed by atoms with Crippen LogP contribution >= 0.6 is 0 Å². The summed E-state index contributed by atoms with van der Waals surface area (Å²) in [7, 11) is 0. The Kier molecular flexibility index (Phi) is 2.98.